The normalized spacial score (nSPS) is 14.2. The highest BCUT2D eigenvalue weighted by Crippen LogP contribution is 2.39. The van der Waals surface area contributed by atoms with E-state index in [2.05, 4.69) is 50.3 Å². The molecule has 0 aromatic heterocycles. The van der Waals surface area contributed by atoms with Gasteiger partial charge in [0.1, 0.15) is 11.7 Å². The highest BCUT2D eigenvalue weighted by atomic mass is 19.1. The summed E-state index contributed by atoms with van der Waals surface area (Å²) in [5.74, 6) is 1.04. The molecular weight excluding hydrogens is 401 g/mol. The number of halogens is 1. The van der Waals surface area contributed by atoms with E-state index in [1.54, 1.807) is 25.4 Å². The number of aliphatic imine (C=N–C) groups is 1. The number of hydrogen-bond acceptors (Lipinski definition) is 2. The first kappa shape index (κ1) is 23.5. The van der Waals surface area contributed by atoms with Gasteiger partial charge < -0.3 is 5.32 Å². The molecule has 0 radical (unpaired) electrons. The highest BCUT2D eigenvalue weighted by Gasteiger charge is 2.39. The number of amides is 1. The monoisotopic (exact) mass is 433 g/mol. The fraction of sp³-hybridized carbons (Fsp3) is 0.370. The summed E-state index contributed by atoms with van der Waals surface area (Å²) in [7, 11) is 1.74. The van der Waals surface area contributed by atoms with Gasteiger partial charge in [-0.25, -0.2) is 4.39 Å². The van der Waals surface area contributed by atoms with Gasteiger partial charge in [0.05, 0.1) is 6.20 Å². The molecule has 3 rings (SSSR count). The number of carbonyl (C=O) groups excluding carboxylic acids is 1. The maximum atomic E-state index is 13.5. The number of nitrogens with one attached hydrogen (secondary N) is 1. The molecule has 1 fully saturated rings. The van der Waals surface area contributed by atoms with Crippen molar-refractivity contribution in [2.75, 3.05) is 11.9 Å². The average molecular weight is 434 g/mol. The quantitative estimate of drug-likeness (QED) is 0.321. The molecule has 0 aliphatic heterocycles. The summed E-state index contributed by atoms with van der Waals surface area (Å²) in [5, 5.41) is 3.20. The maximum absolute atomic E-state index is 13.5. The topological polar surface area (TPSA) is 44.7 Å². The van der Waals surface area contributed by atoms with Crippen LogP contribution in [0, 0.1) is 17.7 Å². The van der Waals surface area contributed by atoms with Crippen LogP contribution in [0.4, 0.5) is 10.1 Å². The number of nitrogens with zero attached hydrogens (tertiary/aromatic N) is 2. The van der Waals surface area contributed by atoms with Crippen LogP contribution in [0.2, 0.25) is 0 Å². The lowest BCUT2D eigenvalue weighted by Crippen LogP contribution is -2.45. The van der Waals surface area contributed by atoms with Crippen molar-refractivity contribution >= 4 is 17.4 Å². The molecule has 0 unspecified atom stereocenters. The minimum atomic E-state index is -0.300. The predicted octanol–water partition coefficient (Wildman–Crippen LogP) is 6.20. The molecule has 0 bridgehead atoms. The van der Waals surface area contributed by atoms with Gasteiger partial charge in [0, 0.05) is 29.8 Å². The number of amidine groups is 1. The molecule has 2 aromatic carbocycles. The first-order chi connectivity index (χ1) is 15.2. The second-order valence-electron chi connectivity index (χ2n) is 9.17. The molecule has 0 atom stereocenters. The third-order valence-corrected chi connectivity index (χ3v) is 5.88. The molecule has 2 aromatic rings. The Bertz CT molecular complexity index is 1060. The molecule has 0 heterocycles. The zero-order valence-corrected chi connectivity index (χ0v) is 19.6. The van der Waals surface area contributed by atoms with Crippen LogP contribution in [-0.2, 0) is 0 Å². The van der Waals surface area contributed by atoms with Crippen LogP contribution in [0.25, 0.3) is 11.1 Å². The van der Waals surface area contributed by atoms with Crippen molar-refractivity contribution in [3.8, 4) is 11.1 Å². The Morgan fingerprint density at radius 1 is 1.22 bits per heavy atom. The van der Waals surface area contributed by atoms with Gasteiger partial charge in [0.15, 0.2) is 0 Å². The molecule has 1 aliphatic carbocycles. The molecule has 4 nitrogen and oxygen atoms in total. The summed E-state index contributed by atoms with van der Waals surface area (Å²) in [6.07, 6.45) is 4.00. The summed E-state index contributed by atoms with van der Waals surface area (Å²) >= 11 is 0. The van der Waals surface area contributed by atoms with Crippen LogP contribution in [-0.4, -0.2) is 24.3 Å². The van der Waals surface area contributed by atoms with E-state index in [0.717, 1.165) is 35.5 Å². The molecule has 1 amide bonds. The lowest BCUT2D eigenvalue weighted by molar-refractivity contribution is 0.0903. The van der Waals surface area contributed by atoms with Gasteiger partial charge in [0.25, 0.3) is 5.91 Å². The zero-order valence-electron chi connectivity index (χ0n) is 19.6. The smallest absolute Gasteiger partial charge is 0.251 e. The molecule has 5 heteroatoms. The van der Waals surface area contributed by atoms with E-state index in [-0.39, 0.29) is 23.2 Å². The summed E-state index contributed by atoms with van der Waals surface area (Å²) in [6.45, 7) is 12.0. The van der Waals surface area contributed by atoms with Crippen LogP contribution < -0.4 is 10.2 Å². The van der Waals surface area contributed by atoms with Gasteiger partial charge in [-0.2, -0.15) is 0 Å². The summed E-state index contributed by atoms with van der Waals surface area (Å²) in [5.41, 5.74) is 5.52. The Balaban J connectivity index is 2.12. The third-order valence-electron chi connectivity index (χ3n) is 5.88. The Kier molecular flexibility index (Phi) is 7.00. The van der Waals surface area contributed by atoms with Crippen molar-refractivity contribution < 1.29 is 9.18 Å². The number of carbonyl (C=O) groups is 1. The van der Waals surface area contributed by atoms with Crippen molar-refractivity contribution in [2.45, 2.75) is 46.1 Å². The first-order valence-corrected chi connectivity index (χ1v) is 11.0. The minimum Gasteiger partial charge on any atom is -0.347 e. The number of rotatable bonds is 7. The van der Waals surface area contributed by atoms with Crippen LogP contribution in [0.3, 0.4) is 0 Å². The molecular formula is C27H32FN3O. The summed E-state index contributed by atoms with van der Waals surface area (Å²) in [6, 6.07) is 12.0. The van der Waals surface area contributed by atoms with E-state index < -0.39 is 0 Å². The molecule has 0 spiro atoms. The second kappa shape index (κ2) is 9.54. The first-order valence-electron chi connectivity index (χ1n) is 11.0. The van der Waals surface area contributed by atoms with Gasteiger partial charge in [-0.05, 0) is 74.1 Å². The SMILES string of the molecule is C=C=CN(/C(=N\C)C(C)C)c1cc(C(=O)NC(C)(C)C2CC2)cc(-c2ccc(F)cc2)c1. The molecule has 1 saturated carbocycles. The Morgan fingerprint density at radius 2 is 1.88 bits per heavy atom. The predicted molar refractivity (Wildman–Crippen MR) is 130 cm³/mol. The van der Waals surface area contributed by atoms with Crippen molar-refractivity contribution in [3.63, 3.8) is 0 Å². The summed E-state index contributed by atoms with van der Waals surface area (Å²) < 4.78 is 13.5. The maximum Gasteiger partial charge on any atom is 0.251 e. The molecule has 32 heavy (non-hydrogen) atoms. The third kappa shape index (κ3) is 5.35. The van der Waals surface area contributed by atoms with E-state index in [9.17, 15) is 9.18 Å². The Labute approximate surface area is 190 Å². The van der Waals surface area contributed by atoms with Crippen molar-refractivity contribution in [1.29, 1.82) is 0 Å². The van der Waals surface area contributed by atoms with Crippen LogP contribution >= 0.6 is 0 Å². The molecule has 1 N–H and O–H groups in total. The van der Waals surface area contributed by atoms with Crippen LogP contribution in [0.5, 0.6) is 0 Å². The van der Waals surface area contributed by atoms with Crippen LogP contribution in [0.1, 0.15) is 50.9 Å². The molecule has 0 saturated heterocycles. The standard InChI is InChI=1S/C27H32FN3O/c1-7-14-31(25(29-6)18(2)3)24-16-20(19-8-12-23(28)13-9-19)15-21(17-24)26(32)30-27(4,5)22-10-11-22/h8-9,12-18,22H,1,10-11H2,2-6H3,(H,30,32)/b29-25-. The van der Waals surface area contributed by atoms with Crippen molar-refractivity contribution in [1.82, 2.24) is 5.32 Å². The molecule has 1 aliphatic rings. The van der Waals surface area contributed by atoms with E-state index in [1.165, 1.54) is 12.1 Å². The van der Waals surface area contributed by atoms with Crippen molar-refractivity contribution in [3.05, 3.63) is 72.4 Å². The van der Waals surface area contributed by atoms with Crippen LogP contribution in [0.15, 0.2) is 66.0 Å². The van der Waals surface area contributed by atoms with E-state index in [0.29, 0.717) is 11.5 Å². The van der Waals surface area contributed by atoms with Gasteiger partial charge in [-0.15, -0.1) is 5.73 Å². The van der Waals surface area contributed by atoms with Gasteiger partial charge in [0.2, 0.25) is 0 Å². The second-order valence-corrected chi connectivity index (χ2v) is 9.17. The van der Waals surface area contributed by atoms with Gasteiger partial charge in [-0.3, -0.25) is 14.7 Å². The fourth-order valence-electron chi connectivity index (χ4n) is 3.97. The Morgan fingerprint density at radius 3 is 2.41 bits per heavy atom. The zero-order chi connectivity index (χ0) is 23.5. The van der Waals surface area contributed by atoms with Gasteiger partial charge in [-0.1, -0.05) is 32.6 Å². The van der Waals surface area contributed by atoms with E-state index in [4.69, 9.17) is 0 Å². The minimum absolute atomic E-state index is 0.130. The lowest BCUT2D eigenvalue weighted by Gasteiger charge is -2.28. The lowest BCUT2D eigenvalue weighted by atomic mass is 9.96. The fourth-order valence-corrected chi connectivity index (χ4v) is 3.97. The Hall–Kier alpha value is -3.17. The van der Waals surface area contributed by atoms with Gasteiger partial charge >= 0.3 is 0 Å². The highest BCUT2D eigenvalue weighted by molar-refractivity contribution is 6.03. The largest absolute Gasteiger partial charge is 0.347 e. The van der Waals surface area contributed by atoms with Crippen molar-refractivity contribution in [2.24, 2.45) is 16.8 Å². The average Bonchev–Trinajstić information content (AvgIpc) is 3.59. The van der Waals surface area contributed by atoms with E-state index in [1.807, 2.05) is 23.1 Å². The summed E-state index contributed by atoms with van der Waals surface area (Å²) in [4.78, 5) is 19.6. The molecule has 168 valence electrons. The number of benzene rings is 2. The number of hydrogen-bond donors (Lipinski definition) is 1. The number of anilines is 1. The van der Waals surface area contributed by atoms with E-state index >= 15 is 0 Å².